The predicted molar refractivity (Wildman–Crippen MR) is 53.6 cm³/mol. The van der Waals surface area contributed by atoms with Gasteiger partial charge in [0.05, 0.1) is 6.61 Å². The Morgan fingerprint density at radius 1 is 1.23 bits per heavy atom. The van der Waals surface area contributed by atoms with Crippen molar-refractivity contribution in [1.29, 1.82) is 0 Å². The highest BCUT2D eigenvalue weighted by atomic mass is 16.3. The van der Waals surface area contributed by atoms with Gasteiger partial charge in [-0.1, -0.05) is 42.0 Å². The molecule has 1 nitrogen and oxygen atoms in total. The summed E-state index contributed by atoms with van der Waals surface area (Å²) in [7, 11) is 0. The van der Waals surface area contributed by atoms with E-state index in [-0.39, 0.29) is 12.5 Å². The molecule has 1 aliphatic rings. The van der Waals surface area contributed by atoms with E-state index in [1.54, 1.807) is 0 Å². The van der Waals surface area contributed by atoms with Gasteiger partial charge in [-0.3, -0.25) is 0 Å². The number of hydrogen-bond donors (Lipinski definition) is 1. The summed E-state index contributed by atoms with van der Waals surface area (Å²) in [4.78, 5) is 0. The highest BCUT2D eigenvalue weighted by molar-refractivity contribution is 5.32. The minimum atomic E-state index is 0.232. The molecule has 1 aromatic rings. The van der Waals surface area contributed by atoms with Crippen LogP contribution >= 0.6 is 0 Å². The lowest BCUT2D eigenvalue weighted by atomic mass is 9.83. The van der Waals surface area contributed by atoms with Gasteiger partial charge in [0.2, 0.25) is 0 Å². The van der Waals surface area contributed by atoms with Crippen LogP contribution < -0.4 is 0 Å². The molecule has 0 fully saturated rings. The number of aliphatic hydroxyl groups is 1. The zero-order chi connectivity index (χ0) is 9.10. The van der Waals surface area contributed by atoms with Crippen LogP contribution in [0.15, 0.2) is 42.0 Å². The minimum Gasteiger partial charge on any atom is -0.395 e. The molecule has 0 spiro atoms. The van der Waals surface area contributed by atoms with E-state index in [4.69, 9.17) is 0 Å². The third-order valence-electron chi connectivity index (χ3n) is 2.67. The van der Waals surface area contributed by atoms with Gasteiger partial charge in [0.1, 0.15) is 0 Å². The molecule has 1 aromatic carbocycles. The van der Waals surface area contributed by atoms with Crippen LogP contribution in [0.25, 0.3) is 0 Å². The first-order valence-electron chi connectivity index (χ1n) is 4.76. The lowest BCUT2D eigenvalue weighted by molar-refractivity contribution is 0.275. The summed E-state index contributed by atoms with van der Waals surface area (Å²) >= 11 is 0. The smallest absolute Gasteiger partial charge is 0.0537 e. The number of hydrogen-bond acceptors (Lipinski definition) is 1. The molecule has 0 heterocycles. The highest BCUT2D eigenvalue weighted by Crippen LogP contribution is 2.32. The second-order valence-corrected chi connectivity index (χ2v) is 3.46. The summed E-state index contributed by atoms with van der Waals surface area (Å²) < 4.78 is 0. The Morgan fingerprint density at radius 3 is 2.38 bits per heavy atom. The molecule has 68 valence electrons. The molecule has 0 aromatic heterocycles. The van der Waals surface area contributed by atoms with Crippen molar-refractivity contribution in [3.05, 3.63) is 47.5 Å². The Kier molecular flexibility index (Phi) is 2.46. The lowest BCUT2D eigenvalue weighted by Crippen LogP contribution is -2.11. The topological polar surface area (TPSA) is 20.2 Å². The Hall–Kier alpha value is -1.08. The summed E-state index contributed by atoms with van der Waals surface area (Å²) in [6.45, 7) is 0.232. The summed E-state index contributed by atoms with van der Waals surface area (Å²) in [6, 6.07) is 10.2. The van der Waals surface area contributed by atoms with E-state index >= 15 is 0 Å². The van der Waals surface area contributed by atoms with Crippen LogP contribution in [-0.2, 0) is 0 Å². The van der Waals surface area contributed by atoms with Gasteiger partial charge in [-0.2, -0.15) is 0 Å². The van der Waals surface area contributed by atoms with Gasteiger partial charge >= 0.3 is 0 Å². The van der Waals surface area contributed by atoms with Gasteiger partial charge in [0, 0.05) is 5.92 Å². The third kappa shape index (κ3) is 1.65. The summed E-state index contributed by atoms with van der Waals surface area (Å²) in [5.74, 6) is 0.245. The molecule has 0 saturated heterocycles. The maximum atomic E-state index is 9.27. The van der Waals surface area contributed by atoms with Gasteiger partial charge < -0.3 is 5.11 Å². The third-order valence-corrected chi connectivity index (χ3v) is 2.67. The highest BCUT2D eigenvalue weighted by Gasteiger charge is 2.18. The van der Waals surface area contributed by atoms with E-state index < -0.39 is 0 Å². The maximum Gasteiger partial charge on any atom is 0.0537 e. The molecule has 2 rings (SSSR count). The quantitative estimate of drug-likeness (QED) is 0.698. The molecule has 1 aliphatic carbocycles. The largest absolute Gasteiger partial charge is 0.395 e. The van der Waals surface area contributed by atoms with E-state index in [2.05, 4.69) is 18.2 Å². The van der Waals surface area contributed by atoms with Crippen molar-refractivity contribution in [2.45, 2.75) is 18.8 Å². The van der Waals surface area contributed by atoms with E-state index in [0.717, 1.165) is 6.42 Å². The Bertz CT molecular complexity index is 300. The van der Waals surface area contributed by atoms with E-state index in [1.807, 2.05) is 18.2 Å². The first-order valence-corrected chi connectivity index (χ1v) is 4.76. The Labute approximate surface area is 78.7 Å². The van der Waals surface area contributed by atoms with E-state index in [0.29, 0.717) is 0 Å². The monoisotopic (exact) mass is 174 g/mol. The molecule has 13 heavy (non-hydrogen) atoms. The fourth-order valence-corrected chi connectivity index (χ4v) is 1.75. The second-order valence-electron chi connectivity index (χ2n) is 3.46. The number of rotatable bonds is 3. The van der Waals surface area contributed by atoms with Crippen molar-refractivity contribution in [3.8, 4) is 0 Å². The van der Waals surface area contributed by atoms with Crippen molar-refractivity contribution in [1.82, 2.24) is 0 Å². The average molecular weight is 174 g/mol. The molecular formula is C12H14O. The van der Waals surface area contributed by atoms with Crippen LogP contribution in [0.3, 0.4) is 0 Å². The van der Waals surface area contributed by atoms with Gasteiger partial charge in [-0.15, -0.1) is 0 Å². The summed E-state index contributed by atoms with van der Waals surface area (Å²) in [5.41, 5.74) is 2.63. The lowest BCUT2D eigenvalue weighted by Gasteiger charge is -2.23. The van der Waals surface area contributed by atoms with Crippen LogP contribution in [0.5, 0.6) is 0 Å². The molecule has 0 unspecified atom stereocenters. The van der Waals surface area contributed by atoms with Crippen LogP contribution in [0, 0.1) is 0 Å². The number of allylic oxidation sites excluding steroid dienone is 1. The van der Waals surface area contributed by atoms with E-state index in [9.17, 15) is 5.11 Å². The van der Waals surface area contributed by atoms with Gasteiger partial charge in [0.25, 0.3) is 0 Å². The SMILES string of the molecule is OC[C@@H](C1=CCC1)c1ccccc1. The fraction of sp³-hybridized carbons (Fsp3) is 0.333. The van der Waals surface area contributed by atoms with Crippen molar-refractivity contribution in [2.24, 2.45) is 0 Å². The normalized spacial score (nSPS) is 17.5. The molecule has 1 heteroatoms. The zero-order valence-corrected chi connectivity index (χ0v) is 7.61. The molecule has 0 bridgehead atoms. The number of aliphatic hydroxyl groups excluding tert-OH is 1. The molecule has 1 atom stereocenters. The first kappa shape index (κ1) is 8.52. The fourth-order valence-electron chi connectivity index (χ4n) is 1.75. The van der Waals surface area contributed by atoms with Crippen LogP contribution in [0.1, 0.15) is 24.3 Å². The minimum absolute atomic E-state index is 0.232. The Balaban J connectivity index is 2.22. The van der Waals surface area contributed by atoms with Gasteiger partial charge in [-0.25, -0.2) is 0 Å². The maximum absolute atomic E-state index is 9.27. The molecule has 0 aliphatic heterocycles. The summed E-state index contributed by atoms with van der Waals surface area (Å²) in [6.07, 6.45) is 4.56. The van der Waals surface area contributed by atoms with Crippen molar-refractivity contribution in [3.63, 3.8) is 0 Å². The number of benzene rings is 1. The predicted octanol–water partition coefficient (Wildman–Crippen LogP) is 2.48. The zero-order valence-electron chi connectivity index (χ0n) is 7.61. The standard InChI is InChI=1S/C12H14O/c13-9-12(11-7-4-8-11)10-5-2-1-3-6-10/h1-3,5-7,12-13H,4,8-9H2/t12-/m1/s1. The summed E-state index contributed by atoms with van der Waals surface area (Å²) in [5, 5.41) is 9.27. The van der Waals surface area contributed by atoms with Crippen LogP contribution in [0.4, 0.5) is 0 Å². The Morgan fingerprint density at radius 2 is 1.92 bits per heavy atom. The molecule has 1 N–H and O–H groups in total. The van der Waals surface area contributed by atoms with E-state index in [1.165, 1.54) is 17.6 Å². The average Bonchev–Trinajstić information content (AvgIpc) is 2.12. The first-order chi connectivity index (χ1) is 6.42. The second kappa shape index (κ2) is 3.75. The van der Waals surface area contributed by atoms with Crippen molar-refractivity contribution >= 4 is 0 Å². The molecular weight excluding hydrogens is 160 g/mol. The van der Waals surface area contributed by atoms with Gasteiger partial charge in [-0.05, 0) is 18.4 Å². The van der Waals surface area contributed by atoms with Crippen LogP contribution in [-0.4, -0.2) is 11.7 Å². The van der Waals surface area contributed by atoms with Crippen molar-refractivity contribution in [2.75, 3.05) is 6.61 Å². The molecule has 0 amide bonds. The molecule has 0 saturated carbocycles. The molecule has 0 radical (unpaired) electrons. The van der Waals surface area contributed by atoms with Gasteiger partial charge in [0.15, 0.2) is 0 Å². The van der Waals surface area contributed by atoms with Crippen molar-refractivity contribution < 1.29 is 5.11 Å². The van der Waals surface area contributed by atoms with Crippen LogP contribution in [0.2, 0.25) is 0 Å².